The van der Waals surface area contributed by atoms with Gasteiger partial charge >= 0.3 is 0 Å². The molecule has 0 saturated heterocycles. The Balaban J connectivity index is 3.79. The zero-order valence-electron chi connectivity index (χ0n) is 10.3. The lowest BCUT2D eigenvalue weighted by Crippen LogP contribution is -2.30. The van der Waals surface area contributed by atoms with Gasteiger partial charge in [-0.25, -0.2) is 0 Å². The van der Waals surface area contributed by atoms with E-state index in [1.807, 2.05) is 0 Å². The van der Waals surface area contributed by atoms with E-state index in [-0.39, 0.29) is 0 Å². The Bertz CT molecular complexity index is 187. The van der Waals surface area contributed by atoms with Crippen LogP contribution in [-0.2, 0) is 0 Å². The summed E-state index contributed by atoms with van der Waals surface area (Å²) in [4.78, 5) is 0. The average Bonchev–Trinajstić information content (AvgIpc) is 2.10. The molecule has 0 saturated carbocycles. The van der Waals surface area contributed by atoms with Gasteiger partial charge in [-0.05, 0) is 31.4 Å². The molecule has 0 aromatic heterocycles. The summed E-state index contributed by atoms with van der Waals surface area (Å²) >= 11 is 0. The minimum absolute atomic E-state index is 0.420. The van der Waals surface area contributed by atoms with Gasteiger partial charge in [-0.1, -0.05) is 34.1 Å². The molecule has 0 spiro atoms. The molecule has 0 aliphatic carbocycles. The van der Waals surface area contributed by atoms with Gasteiger partial charge < -0.3 is 5.32 Å². The first-order valence-corrected chi connectivity index (χ1v) is 5.73. The Hall–Kier alpha value is -0.520. The quantitative estimate of drug-likeness (QED) is 0.639. The molecule has 1 nitrogen and oxygen atoms in total. The summed E-state index contributed by atoms with van der Waals surface area (Å²) in [6, 6.07) is 0.959. The Morgan fingerprint density at radius 1 is 1.21 bits per heavy atom. The van der Waals surface area contributed by atoms with Crippen LogP contribution in [0, 0.1) is 5.92 Å². The third-order valence-corrected chi connectivity index (χ3v) is 2.28. The molecule has 0 heterocycles. The van der Waals surface area contributed by atoms with E-state index >= 15 is 0 Å². The molecular formula is C13H25N. The maximum Gasteiger partial charge on any atom is 0.0298 e. The molecule has 0 aliphatic rings. The lowest BCUT2D eigenvalue weighted by atomic mass is 10.1. The van der Waals surface area contributed by atoms with E-state index in [4.69, 9.17) is 0 Å². The van der Waals surface area contributed by atoms with Crippen LogP contribution < -0.4 is 5.32 Å². The molecule has 0 fully saturated rings. The molecule has 14 heavy (non-hydrogen) atoms. The molecule has 1 N–H and O–H groups in total. The molecule has 0 aromatic carbocycles. The molecular weight excluding hydrogens is 170 g/mol. The van der Waals surface area contributed by atoms with Crippen molar-refractivity contribution in [1.82, 2.24) is 5.32 Å². The normalized spacial score (nSPS) is 14.7. The Kier molecular flexibility index (Phi) is 7.55. The first kappa shape index (κ1) is 13.5. The number of nitrogens with one attached hydrogen (secondary N) is 1. The molecule has 0 aromatic rings. The van der Waals surface area contributed by atoms with Crippen LogP contribution in [0.4, 0.5) is 0 Å². The second kappa shape index (κ2) is 7.84. The summed E-state index contributed by atoms with van der Waals surface area (Å²) in [6.07, 6.45) is 6.63. The van der Waals surface area contributed by atoms with E-state index in [9.17, 15) is 0 Å². The SMILES string of the molecule is CCC(C)CC=C=CC(C)NC(C)C. The van der Waals surface area contributed by atoms with E-state index < -0.39 is 0 Å². The highest BCUT2D eigenvalue weighted by Gasteiger charge is 1.97. The maximum atomic E-state index is 3.41. The van der Waals surface area contributed by atoms with Crippen LogP contribution in [0.2, 0.25) is 0 Å². The summed E-state index contributed by atoms with van der Waals surface area (Å²) in [5.41, 5.74) is 3.24. The van der Waals surface area contributed by atoms with Gasteiger partial charge in [-0.15, -0.1) is 5.73 Å². The Labute approximate surface area is 89.3 Å². The third-order valence-electron chi connectivity index (χ3n) is 2.28. The third kappa shape index (κ3) is 8.10. The largest absolute Gasteiger partial charge is 0.308 e. The zero-order chi connectivity index (χ0) is 11.0. The van der Waals surface area contributed by atoms with Crippen LogP contribution in [0.3, 0.4) is 0 Å². The van der Waals surface area contributed by atoms with Crippen molar-refractivity contribution >= 4 is 0 Å². The molecule has 0 radical (unpaired) electrons. The summed E-state index contributed by atoms with van der Waals surface area (Å²) in [7, 11) is 0. The predicted molar refractivity (Wildman–Crippen MR) is 64.5 cm³/mol. The highest BCUT2D eigenvalue weighted by atomic mass is 14.9. The van der Waals surface area contributed by atoms with E-state index in [2.05, 4.69) is 57.8 Å². The number of rotatable bonds is 6. The van der Waals surface area contributed by atoms with Crippen molar-refractivity contribution in [2.75, 3.05) is 0 Å². The van der Waals surface area contributed by atoms with Crippen LogP contribution in [0.5, 0.6) is 0 Å². The number of hydrogen-bond donors (Lipinski definition) is 1. The summed E-state index contributed by atoms with van der Waals surface area (Å²) in [6.45, 7) is 11.0. The second-order valence-corrected chi connectivity index (χ2v) is 4.40. The standard InChI is InChI=1S/C13H25N/c1-6-12(4)9-7-8-10-13(5)14-11(2)3/h7,10-14H,6,9H2,1-5H3. The minimum atomic E-state index is 0.420. The lowest BCUT2D eigenvalue weighted by Gasteiger charge is -2.11. The number of hydrogen-bond acceptors (Lipinski definition) is 1. The monoisotopic (exact) mass is 195 g/mol. The van der Waals surface area contributed by atoms with Gasteiger partial charge in [0.1, 0.15) is 0 Å². The van der Waals surface area contributed by atoms with Crippen LogP contribution in [-0.4, -0.2) is 12.1 Å². The first-order chi connectivity index (χ1) is 6.56. The predicted octanol–water partition coefficient (Wildman–Crippen LogP) is 3.52. The van der Waals surface area contributed by atoms with Gasteiger partial charge in [-0.3, -0.25) is 0 Å². The zero-order valence-corrected chi connectivity index (χ0v) is 10.3. The van der Waals surface area contributed by atoms with Gasteiger partial charge in [0.25, 0.3) is 0 Å². The molecule has 0 aliphatic heterocycles. The van der Waals surface area contributed by atoms with Crippen molar-refractivity contribution in [2.24, 2.45) is 5.92 Å². The molecule has 1 heteroatoms. The maximum absolute atomic E-state index is 3.41. The highest BCUT2D eigenvalue weighted by molar-refractivity contribution is 4.92. The van der Waals surface area contributed by atoms with Crippen molar-refractivity contribution in [3.05, 3.63) is 17.9 Å². The Morgan fingerprint density at radius 2 is 1.86 bits per heavy atom. The van der Waals surface area contributed by atoms with Gasteiger partial charge in [0.05, 0.1) is 0 Å². The van der Waals surface area contributed by atoms with Crippen LogP contribution in [0.1, 0.15) is 47.5 Å². The van der Waals surface area contributed by atoms with Gasteiger partial charge in [-0.2, -0.15) is 0 Å². The van der Waals surface area contributed by atoms with Crippen LogP contribution in [0.25, 0.3) is 0 Å². The van der Waals surface area contributed by atoms with Crippen molar-refractivity contribution in [2.45, 2.75) is 59.5 Å². The molecule has 0 rings (SSSR count). The fraction of sp³-hybridized carbons (Fsp3) is 0.769. The molecule has 0 amide bonds. The van der Waals surface area contributed by atoms with E-state index in [1.165, 1.54) is 6.42 Å². The van der Waals surface area contributed by atoms with E-state index in [0.717, 1.165) is 12.3 Å². The first-order valence-electron chi connectivity index (χ1n) is 5.73. The van der Waals surface area contributed by atoms with Gasteiger partial charge in [0, 0.05) is 12.1 Å². The fourth-order valence-electron chi connectivity index (χ4n) is 1.22. The van der Waals surface area contributed by atoms with Crippen LogP contribution >= 0.6 is 0 Å². The van der Waals surface area contributed by atoms with E-state index in [1.54, 1.807) is 0 Å². The van der Waals surface area contributed by atoms with Crippen molar-refractivity contribution < 1.29 is 0 Å². The molecule has 82 valence electrons. The second-order valence-electron chi connectivity index (χ2n) is 4.40. The molecule has 2 atom stereocenters. The van der Waals surface area contributed by atoms with Crippen LogP contribution in [0.15, 0.2) is 17.9 Å². The average molecular weight is 195 g/mol. The Morgan fingerprint density at radius 3 is 2.36 bits per heavy atom. The lowest BCUT2D eigenvalue weighted by molar-refractivity contribution is 0.549. The minimum Gasteiger partial charge on any atom is -0.308 e. The van der Waals surface area contributed by atoms with Crippen molar-refractivity contribution in [3.63, 3.8) is 0 Å². The summed E-state index contributed by atoms with van der Waals surface area (Å²) < 4.78 is 0. The van der Waals surface area contributed by atoms with Crippen molar-refractivity contribution in [3.8, 4) is 0 Å². The topological polar surface area (TPSA) is 12.0 Å². The van der Waals surface area contributed by atoms with Gasteiger partial charge in [0.15, 0.2) is 0 Å². The van der Waals surface area contributed by atoms with E-state index in [0.29, 0.717) is 12.1 Å². The summed E-state index contributed by atoms with van der Waals surface area (Å²) in [5, 5.41) is 3.41. The summed E-state index contributed by atoms with van der Waals surface area (Å²) in [5.74, 6) is 0.782. The van der Waals surface area contributed by atoms with Crippen molar-refractivity contribution in [1.29, 1.82) is 0 Å². The highest BCUT2D eigenvalue weighted by Crippen LogP contribution is 2.05. The molecule has 0 bridgehead atoms. The van der Waals surface area contributed by atoms with Gasteiger partial charge in [0.2, 0.25) is 0 Å². The fourth-order valence-corrected chi connectivity index (χ4v) is 1.22. The smallest absolute Gasteiger partial charge is 0.0298 e. The molecule has 2 unspecified atom stereocenters.